The summed E-state index contributed by atoms with van der Waals surface area (Å²) in [7, 11) is 0. The lowest BCUT2D eigenvalue weighted by molar-refractivity contribution is -0.171. The topological polar surface area (TPSA) is 65.0 Å². The van der Waals surface area contributed by atoms with Gasteiger partial charge in [-0.1, -0.05) is 45.9 Å². The first kappa shape index (κ1) is 18.2. The first-order valence-electron chi connectivity index (χ1n) is 8.32. The zero-order valence-corrected chi connectivity index (χ0v) is 14.9. The van der Waals surface area contributed by atoms with Crippen molar-refractivity contribution in [1.29, 1.82) is 0 Å². The van der Waals surface area contributed by atoms with Crippen molar-refractivity contribution in [3.05, 3.63) is 35.9 Å². The Labute approximate surface area is 143 Å². The molecular weight excluding hydrogens is 306 g/mol. The molecule has 0 N–H and O–H groups in total. The number of carbonyl (C=O) groups excluding carboxylic acids is 2. The van der Waals surface area contributed by atoms with Crippen LogP contribution in [0.15, 0.2) is 35.3 Å². The molecule has 0 unspecified atom stereocenters. The largest absolute Gasteiger partial charge is 0.458 e. The monoisotopic (exact) mass is 331 g/mol. The minimum Gasteiger partial charge on any atom is -0.458 e. The molecular formula is C19H25NO4. The van der Waals surface area contributed by atoms with E-state index in [2.05, 4.69) is 4.99 Å². The first-order valence-corrected chi connectivity index (χ1v) is 8.32. The zero-order chi connectivity index (χ0) is 17.9. The van der Waals surface area contributed by atoms with Gasteiger partial charge in [0.2, 0.25) is 11.5 Å². The van der Waals surface area contributed by atoms with Crippen LogP contribution in [0, 0.1) is 11.8 Å². The predicted molar refractivity (Wildman–Crippen MR) is 91.6 cm³/mol. The zero-order valence-electron chi connectivity index (χ0n) is 14.9. The van der Waals surface area contributed by atoms with Crippen molar-refractivity contribution in [2.45, 2.75) is 52.7 Å². The summed E-state index contributed by atoms with van der Waals surface area (Å²) in [5, 5.41) is 0. The average molecular weight is 331 g/mol. The van der Waals surface area contributed by atoms with Crippen LogP contribution in [0.1, 0.15) is 46.6 Å². The van der Waals surface area contributed by atoms with Crippen LogP contribution in [0.4, 0.5) is 0 Å². The van der Waals surface area contributed by atoms with Crippen LogP contribution in [0.25, 0.3) is 0 Å². The van der Waals surface area contributed by atoms with Crippen LogP contribution in [0.5, 0.6) is 0 Å². The Bertz CT molecular complexity index is 636. The SMILES string of the molecule is CC(=O)O[C@@H](CC(C)C)[C@@]1(C(C)C)OC(c2ccccc2)=NC1=O. The van der Waals surface area contributed by atoms with Crippen molar-refractivity contribution < 1.29 is 19.1 Å². The van der Waals surface area contributed by atoms with E-state index >= 15 is 0 Å². The molecule has 5 heteroatoms. The lowest BCUT2D eigenvalue weighted by Crippen LogP contribution is -2.55. The Morgan fingerprint density at radius 3 is 2.33 bits per heavy atom. The van der Waals surface area contributed by atoms with Gasteiger partial charge in [-0.3, -0.25) is 9.59 Å². The number of rotatable bonds is 6. The number of hydrogen-bond donors (Lipinski definition) is 0. The first-order chi connectivity index (χ1) is 11.3. The van der Waals surface area contributed by atoms with Crippen molar-refractivity contribution in [3.8, 4) is 0 Å². The molecule has 0 aliphatic carbocycles. The van der Waals surface area contributed by atoms with Gasteiger partial charge < -0.3 is 9.47 Å². The number of amides is 1. The lowest BCUT2D eigenvalue weighted by atomic mass is 9.80. The third kappa shape index (κ3) is 3.50. The minimum absolute atomic E-state index is 0.196. The Hall–Kier alpha value is -2.17. The van der Waals surface area contributed by atoms with Gasteiger partial charge >= 0.3 is 5.97 Å². The van der Waals surface area contributed by atoms with Gasteiger partial charge in [0.15, 0.2) is 6.10 Å². The fourth-order valence-electron chi connectivity index (χ4n) is 2.99. The number of esters is 1. The molecule has 1 aromatic carbocycles. The second kappa shape index (κ2) is 7.16. The van der Waals surface area contributed by atoms with Gasteiger partial charge in [0.1, 0.15) is 0 Å². The maximum atomic E-state index is 12.8. The van der Waals surface area contributed by atoms with E-state index in [9.17, 15) is 9.59 Å². The lowest BCUT2D eigenvalue weighted by Gasteiger charge is -2.37. The summed E-state index contributed by atoms with van der Waals surface area (Å²) in [4.78, 5) is 28.5. The van der Waals surface area contributed by atoms with E-state index in [0.29, 0.717) is 6.42 Å². The second-order valence-corrected chi connectivity index (χ2v) is 6.87. The van der Waals surface area contributed by atoms with E-state index in [-0.39, 0.29) is 23.6 Å². The highest BCUT2D eigenvalue weighted by Crippen LogP contribution is 2.38. The molecule has 1 aliphatic heterocycles. The smallest absolute Gasteiger partial charge is 0.303 e. The molecule has 1 heterocycles. The molecule has 2 atom stereocenters. The number of ether oxygens (including phenoxy) is 2. The van der Waals surface area contributed by atoms with E-state index in [1.165, 1.54) is 6.92 Å². The van der Waals surface area contributed by atoms with Gasteiger partial charge in [0, 0.05) is 18.4 Å². The van der Waals surface area contributed by atoms with Gasteiger partial charge in [-0.05, 0) is 24.5 Å². The van der Waals surface area contributed by atoms with E-state index in [4.69, 9.17) is 9.47 Å². The summed E-state index contributed by atoms with van der Waals surface area (Å²) >= 11 is 0. The fourth-order valence-corrected chi connectivity index (χ4v) is 2.99. The maximum Gasteiger partial charge on any atom is 0.303 e. The molecule has 0 radical (unpaired) electrons. The highest BCUT2D eigenvalue weighted by Gasteiger charge is 2.57. The highest BCUT2D eigenvalue weighted by molar-refractivity contribution is 6.09. The van der Waals surface area contributed by atoms with Crippen molar-refractivity contribution in [2.75, 3.05) is 0 Å². The summed E-state index contributed by atoms with van der Waals surface area (Å²) in [5.74, 6) is -0.482. The summed E-state index contributed by atoms with van der Waals surface area (Å²) in [6.45, 7) is 9.15. The quantitative estimate of drug-likeness (QED) is 0.750. The molecule has 0 saturated heterocycles. The number of carbonyl (C=O) groups is 2. The molecule has 24 heavy (non-hydrogen) atoms. The molecule has 0 aromatic heterocycles. The number of hydrogen-bond acceptors (Lipinski definition) is 4. The Morgan fingerprint density at radius 2 is 1.83 bits per heavy atom. The van der Waals surface area contributed by atoms with E-state index in [1.807, 2.05) is 58.0 Å². The third-order valence-corrected chi connectivity index (χ3v) is 4.15. The van der Waals surface area contributed by atoms with Crippen LogP contribution in [-0.4, -0.2) is 29.5 Å². The highest BCUT2D eigenvalue weighted by atomic mass is 16.6. The average Bonchev–Trinajstić information content (AvgIpc) is 2.85. The van der Waals surface area contributed by atoms with Gasteiger partial charge in [-0.15, -0.1) is 0 Å². The fraction of sp³-hybridized carbons (Fsp3) is 0.526. The molecule has 0 bridgehead atoms. The Kier molecular flexibility index (Phi) is 5.42. The number of aliphatic imine (C=N–C) groups is 1. The summed E-state index contributed by atoms with van der Waals surface area (Å²) in [5.41, 5.74) is -0.541. The third-order valence-electron chi connectivity index (χ3n) is 4.15. The standard InChI is InChI=1S/C19H25NO4/c1-12(2)11-16(23-14(5)21)19(13(3)4)18(22)20-17(24-19)15-9-7-6-8-10-15/h6-10,12-13,16H,11H2,1-5H3/t16-,19+/m0/s1. The van der Waals surface area contributed by atoms with E-state index in [0.717, 1.165) is 5.56 Å². The van der Waals surface area contributed by atoms with Crippen molar-refractivity contribution >= 4 is 17.8 Å². The number of benzene rings is 1. The van der Waals surface area contributed by atoms with Crippen molar-refractivity contribution in [3.63, 3.8) is 0 Å². The molecule has 2 rings (SSSR count). The van der Waals surface area contributed by atoms with Gasteiger partial charge in [0.25, 0.3) is 5.91 Å². The van der Waals surface area contributed by atoms with Crippen LogP contribution in [0.2, 0.25) is 0 Å². The Morgan fingerprint density at radius 1 is 1.21 bits per heavy atom. The number of nitrogens with zero attached hydrogens (tertiary/aromatic N) is 1. The minimum atomic E-state index is -1.28. The Balaban J connectivity index is 2.41. The van der Waals surface area contributed by atoms with E-state index < -0.39 is 17.7 Å². The predicted octanol–water partition coefficient (Wildman–Crippen LogP) is 3.36. The van der Waals surface area contributed by atoms with Gasteiger partial charge in [-0.25, -0.2) is 0 Å². The van der Waals surface area contributed by atoms with Crippen LogP contribution in [-0.2, 0) is 19.1 Å². The second-order valence-electron chi connectivity index (χ2n) is 6.87. The molecule has 0 fully saturated rings. The molecule has 1 aliphatic rings. The molecule has 0 spiro atoms. The summed E-state index contributed by atoms with van der Waals surface area (Å²) in [6, 6.07) is 9.28. The van der Waals surface area contributed by atoms with Gasteiger partial charge in [0.05, 0.1) is 0 Å². The molecule has 1 amide bonds. The van der Waals surface area contributed by atoms with Crippen LogP contribution in [0.3, 0.4) is 0 Å². The molecule has 1 aromatic rings. The summed E-state index contributed by atoms with van der Waals surface area (Å²) < 4.78 is 11.6. The van der Waals surface area contributed by atoms with Crippen molar-refractivity contribution in [2.24, 2.45) is 16.8 Å². The van der Waals surface area contributed by atoms with Gasteiger partial charge in [-0.2, -0.15) is 4.99 Å². The van der Waals surface area contributed by atoms with Crippen LogP contribution < -0.4 is 0 Å². The van der Waals surface area contributed by atoms with Crippen molar-refractivity contribution in [1.82, 2.24) is 0 Å². The molecule has 0 saturated carbocycles. The molecule has 130 valence electrons. The van der Waals surface area contributed by atoms with Crippen LogP contribution >= 0.6 is 0 Å². The molecule has 5 nitrogen and oxygen atoms in total. The summed E-state index contributed by atoms with van der Waals surface area (Å²) in [6.07, 6.45) is -0.145. The normalized spacial score (nSPS) is 21.6. The maximum absolute atomic E-state index is 12.8. The van der Waals surface area contributed by atoms with E-state index in [1.54, 1.807) is 0 Å².